The van der Waals surface area contributed by atoms with Crippen molar-refractivity contribution >= 4 is 28.5 Å². The number of halogens is 1. The smallest absolute Gasteiger partial charge is 0.337 e. The maximum Gasteiger partial charge on any atom is 0.337 e. The molecule has 1 heterocycles. The van der Waals surface area contributed by atoms with E-state index in [1.54, 1.807) is 24.3 Å². The van der Waals surface area contributed by atoms with Crippen LogP contribution in [-0.4, -0.2) is 34.4 Å². The topological polar surface area (TPSA) is 79.7 Å². The summed E-state index contributed by atoms with van der Waals surface area (Å²) in [6, 6.07) is 6.47. The van der Waals surface area contributed by atoms with E-state index in [2.05, 4.69) is 9.72 Å². The lowest BCUT2D eigenvalue weighted by Crippen LogP contribution is -2.29. The Bertz CT molecular complexity index is 617. The van der Waals surface area contributed by atoms with E-state index in [1.165, 1.54) is 6.20 Å². The summed E-state index contributed by atoms with van der Waals surface area (Å²) in [6.07, 6.45) is -1.48. The van der Waals surface area contributed by atoms with Crippen LogP contribution in [0.5, 0.6) is 0 Å². The molecule has 1 aromatic carbocycles. The fourth-order valence-electron chi connectivity index (χ4n) is 1.75. The zero-order valence-electron chi connectivity index (χ0n) is 10.1. The van der Waals surface area contributed by atoms with Crippen molar-refractivity contribution in [3.8, 4) is 0 Å². The first-order valence-corrected chi connectivity index (χ1v) is 5.90. The third-order valence-corrected chi connectivity index (χ3v) is 3.13. The van der Waals surface area contributed by atoms with Gasteiger partial charge in [0.05, 0.1) is 17.6 Å². The zero-order chi connectivity index (χ0) is 14.0. The zero-order valence-corrected chi connectivity index (χ0v) is 10.8. The fourth-order valence-corrected chi connectivity index (χ4v) is 1.96. The molecule has 0 fully saturated rings. The molecule has 19 heavy (non-hydrogen) atoms. The Morgan fingerprint density at radius 3 is 2.79 bits per heavy atom. The minimum absolute atomic E-state index is 0.361. The molecule has 0 aliphatic carbocycles. The molecule has 0 saturated heterocycles. The number of methoxy groups -OCH3 is 1. The molecule has 0 radical (unpaired) electrons. The highest BCUT2D eigenvalue weighted by molar-refractivity contribution is 6.35. The predicted molar refractivity (Wildman–Crippen MR) is 69.7 cm³/mol. The van der Waals surface area contributed by atoms with Crippen LogP contribution in [-0.2, 0) is 9.53 Å². The Morgan fingerprint density at radius 1 is 1.37 bits per heavy atom. The number of carbonyl (C=O) groups excluding carboxylic acids is 1. The Kier molecular flexibility index (Phi) is 3.99. The van der Waals surface area contributed by atoms with Crippen LogP contribution >= 0.6 is 11.6 Å². The number of pyridine rings is 1. The SMILES string of the molecule is COC(=O)C(O)C(O)c1ccc2c(Cl)ccnc2c1. The number of ether oxygens (including phenoxy) is 1. The third kappa shape index (κ3) is 2.68. The first kappa shape index (κ1) is 13.7. The van der Waals surface area contributed by atoms with Gasteiger partial charge < -0.3 is 14.9 Å². The van der Waals surface area contributed by atoms with Crippen molar-refractivity contribution in [2.45, 2.75) is 12.2 Å². The van der Waals surface area contributed by atoms with Gasteiger partial charge in [0.15, 0.2) is 6.10 Å². The molecule has 0 spiro atoms. The second-order valence-electron chi connectivity index (χ2n) is 3.98. The van der Waals surface area contributed by atoms with Gasteiger partial charge in [-0.05, 0) is 17.7 Å². The van der Waals surface area contributed by atoms with E-state index >= 15 is 0 Å². The fraction of sp³-hybridized carbons (Fsp3) is 0.231. The van der Waals surface area contributed by atoms with Crippen LogP contribution in [0.2, 0.25) is 5.02 Å². The molecule has 100 valence electrons. The van der Waals surface area contributed by atoms with Crippen LogP contribution in [0.4, 0.5) is 0 Å². The van der Waals surface area contributed by atoms with Gasteiger partial charge in [0.25, 0.3) is 0 Å². The number of carbonyl (C=O) groups is 1. The number of aliphatic hydroxyl groups is 2. The van der Waals surface area contributed by atoms with Gasteiger partial charge in [-0.15, -0.1) is 0 Å². The summed E-state index contributed by atoms with van der Waals surface area (Å²) in [5, 5.41) is 20.8. The van der Waals surface area contributed by atoms with Crippen molar-refractivity contribution in [1.82, 2.24) is 4.98 Å². The molecule has 2 aromatic rings. The normalized spacial score (nSPS) is 14.1. The Labute approximate surface area is 114 Å². The molecule has 0 aliphatic rings. The number of aliphatic hydroxyl groups excluding tert-OH is 2. The lowest BCUT2D eigenvalue weighted by Gasteiger charge is -2.16. The highest BCUT2D eigenvalue weighted by atomic mass is 35.5. The number of nitrogens with zero attached hydrogens (tertiary/aromatic N) is 1. The van der Waals surface area contributed by atoms with E-state index in [-0.39, 0.29) is 0 Å². The number of hydrogen-bond acceptors (Lipinski definition) is 5. The Balaban J connectivity index is 2.38. The van der Waals surface area contributed by atoms with Crippen LogP contribution in [0.1, 0.15) is 11.7 Å². The van der Waals surface area contributed by atoms with E-state index in [9.17, 15) is 15.0 Å². The molecule has 2 unspecified atom stereocenters. The largest absolute Gasteiger partial charge is 0.467 e. The van der Waals surface area contributed by atoms with E-state index < -0.39 is 18.2 Å². The standard InChI is InChI=1S/C13H12ClNO4/c1-19-13(18)12(17)11(16)7-2-3-8-9(14)4-5-15-10(8)6-7/h2-6,11-12,16-17H,1H3. The first-order valence-electron chi connectivity index (χ1n) is 5.52. The summed E-state index contributed by atoms with van der Waals surface area (Å²) in [6.45, 7) is 0. The van der Waals surface area contributed by atoms with Crippen molar-refractivity contribution in [3.63, 3.8) is 0 Å². The third-order valence-electron chi connectivity index (χ3n) is 2.80. The number of fused-ring (bicyclic) bond motifs is 1. The average Bonchev–Trinajstić information content (AvgIpc) is 2.44. The molecule has 0 amide bonds. The van der Waals surface area contributed by atoms with Crippen molar-refractivity contribution in [2.75, 3.05) is 7.11 Å². The maximum atomic E-state index is 11.2. The van der Waals surface area contributed by atoms with Crippen molar-refractivity contribution in [3.05, 3.63) is 41.0 Å². The van der Waals surface area contributed by atoms with Gasteiger partial charge in [0.1, 0.15) is 6.10 Å². The first-order chi connectivity index (χ1) is 9.04. The van der Waals surface area contributed by atoms with Gasteiger partial charge in [0.2, 0.25) is 0 Å². The predicted octanol–water partition coefficient (Wildman–Crippen LogP) is 1.46. The summed E-state index contributed by atoms with van der Waals surface area (Å²) < 4.78 is 4.38. The number of aromatic nitrogens is 1. The summed E-state index contributed by atoms with van der Waals surface area (Å²) in [4.78, 5) is 15.3. The van der Waals surface area contributed by atoms with Crippen LogP contribution in [0.25, 0.3) is 10.9 Å². The highest BCUT2D eigenvalue weighted by Gasteiger charge is 2.26. The van der Waals surface area contributed by atoms with Crippen molar-refractivity contribution in [2.24, 2.45) is 0 Å². The van der Waals surface area contributed by atoms with Crippen LogP contribution in [0.3, 0.4) is 0 Å². The van der Waals surface area contributed by atoms with Crippen LogP contribution in [0.15, 0.2) is 30.5 Å². The van der Waals surface area contributed by atoms with Gasteiger partial charge in [-0.2, -0.15) is 0 Å². The molecular weight excluding hydrogens is 270 g/mol. The molecule has 2 N–H and O–H groups in total. The minimum atomic E-state index is -1.64. The number of esters is 1. The van der Waals surface area contributed by atoms with E-state index in [4.69, 9.17) is 11.6 Å². The van der Waals surface area contributed by atoms with E-state index in [0.717, 1.165) is 12.5 Å². The molecule has 0 saturated carbocycles. The minimum Gasteiger partial charge on any atom is -0.467 e. The van der Waals surface area contributed by atoms with Crippen molar-refractivity contribution in [1.29, 1.82) is 0 Å². The number of hydrogen-bond donors (Lipinski definition) is 2. The molecule has 6 heteroatoms. The van der Waals surface area contributed by atoms with Gasteiger partial charge in [0, 0.05) is 11.6 Å². The molecule has 5 nitrogen and oxygen atoms in total. The molecule has 0 aliphatic heterocycles. The highest BCUT2D eigenvalue weighted by Crippen LogP contribution is 2.26. The number of benzene rings is 1. The van der Waals surface area contributed by atoms with Gasteiger partial charge in [-0.25, -0.2) is 4.79 Å². The lowest BCUT2D eigenvalue weighted by molar-refractivity contribution is -0.156. The Morgan fingerprint density at radius 2 is 2.11 bits per heavy atom. The Hall–Kier alpha value is -1.69. The maximum absolute atomic E-state index is 11.2. The second-order valence-corrected chi connectivity index (χ2v) is 4.39. The van der Waals surface area contributed by atoms with Gasteiger partial charge in [-0.3, -0.25) is 4.98 Å². The molecule has 0 bridgehead atoms. The molecule has 1 aromatic heterocycles. The summed E-state index contributed by atoms with van der Waals surface area (Å²) in [5.41, 5.74) is 0.932. The quantitative estimate of drug-likeness (QED) is 0.833. The van der Waals surface area contributed by atoms with Gasteiger partial charge >= 0.3 is 5.97 Å². The van der Waals surface area contributed by atoms with E-state index in [0.29, 0.717) is 16.1 Å². The average molecular weight is 282 g/mol. The summed E-state index contributed by atoms with van der Waals surface area (Å²) in [5.74, 6) is -0.897. The summed E-state index contributed by atoms with van der Waals surface area (Å²) >= 11 is 6.00. The van der Waals surface area contributed by atoms with Crippen LogP contribution < -0.4 is 0 Å². The molecule has 2 atom stereocenters. The second kappa shape index (κ2) is 5.52. The molecule has 2 rings (SSSR count). The monoisotopic (exact) mass is 281 g/mol. The van der Waals surface area contributed by atoms with Crippen LogP contribution in [0, 0.1) is 0 Å². The van der Waals surface area contributed by atoms with E-state index in [1.807, 2.05) is 0 Å². The number of rotatable bonds is 3. The van der Waals surface area contributed by atoms with Crippen molar-refractivity contribution < 1.29 is 19.7 Å². The molecular formula is C13H12ClNO4. The lowest BCUT2D eigenvalue weighted by atomic mass is 10.0. The van der Waals surface area contributed by atoms with Gasteiger partial charge in [-0.1, -0.05) is 23.7 Å². The summed E-state index contributed by atoms with van der Waals surface area (Å²) in [7, 11) is 1.14.